The zero-order valence-electron chi connectivity index (χ0n) is 19.7. The first-order valence-corrected chi connectivity index (χ1v) is 11.5. The molecule has 10 heteroatoms. The van der Waals surface area contributed by atoms with Gasteiger partial charge in [-0.25, -0.2) is 4.98 Å². The van der Waals surface area contributed by atoms with E-state index in [1.165, 1.54) is 0 Å². The molecule has 3 N–H and O–H groups in total. The highest BCUT2D eigenvalue weighted by Gasteiger charge is 2.38. The molecule has 4 atom stereocenters. The predicted molar refractivity (Wildman–Crippen MR) is 125 cm³/mol. The van der Waals surface area contributed by atoms with Crippen LogP contribution in [-0.4, -0.2) is 45.4 Å². The number of nitrogens with one attached hydrogen (secondary N) is 2. The fraction of sp³-hybridized carbons (Fsp3) is 0.542. The van der Waals surface area contributed by atoms with Gasteiger partial charge in [-0.05, 0) is 49.7 Å². The van der Waals surface area contributed by atoms with Crippen molar-refractivity contribution in [1.82, 2.24) is 15.0 Å². The van der Waals surface area contributed by atoms with Crippen LogP contribution in [0.3, 0.4) is 0 Å². The van der Waals surface area contributed by atoms with Gasteiger partial charge in [-0.15, -0.1) is 0 Å². The minimum atomic E-state index is -4.39. The van der Waals surface area contributed by atoms with Gasteiger partial charge in [-0.1, -0.05) is 20.8 Å². The fourth-order valence-corrected chi connectivity index (χ4v) is 4.70. The van der Waals surface area contributed by atoms with Crippen LogP contribution in [0.25, 0.3) is 22.3 Å². The molecule has 0 radical (unpaired) electrons. The van der Waals surface area contributed by atoms with E-state index in [-0.39, 0.29) is 30.4 Å². The number of hydrogen-bond donors (Lipinski definition) is 3. The minimum Gasteiger partial charge on any atom is -0.454 e. The summed E-state index contributed by atoms with van der Waals surface area (Å²) in [5, 5.41) is 16.3. The van der Waals surface area contributed by atoms with Crippen molar-refractivity contribution in [2.75, 3.05) is 23.8 Å². The van der Waals surface area contributed by atoms with Gasteiger partial charge in [0.1, 0.15) is 18.1 Å². The molecule has 0 amide bonds. The van der Waals surface area contributed by atoms with E-state index >= 15 is 0 Å². The van der Waals surface area contributed by atoms with Crippen molar-refractivity contribution in [2.24, 2.45) is 17.8 Å². The second kappa shape index (κ2) is 9.40. The van der Waals surface area contributed by atoms with Crippen LogP contribution in [0.5, 0.6) is 0 Å². The average Bonchev–Trinajstić information content (AvgIpc) is 3.32. The maximum absolute atomic E-state index is 12.8. The van der Waals surface area contributed by atoms with Crippen molar-refractivity contribution in [1.29, 1.82) is 0 Å². The summed E-state index contributed by atoms with van der Waals surface area (Å²) in [5.74, 6) is 1.49. The summed E-state index contributed by atoms with van der Waals surface area (Å²) >= 11 is 0. The van der Waals surface area contributed by atoms with Crippen molar-refractivity contribution in [3.05, 3.63) is 29.7 Å². The third-order valence-corrected chi connectivity index (χ3v) is 6.93. The van der Waals surface area contributed by atoms with Gasteiger partial charge in [0.25, 0.3) is 0 Å². The number of aromatic nitrogens is 3. The van der Waals surface area contributed by atoms with Gasteiger partial charge in [-0.2, -0.15) is 18.2 Å². The zero-order chi connectivity index (χ0) is 24.6. The first-order valence-electron chi connectivity index (χ1n) is 11.5. The predicted octanol–water partition coefficient (Wildman–Crippen LogP) is 5.19. The van der Waals surface area contributed by atoms with Crippen LogP contribution in [0.2, 0.25) is 0 Å². The summed E-state index contributed by atoms with van der Waals surface area (Å²) in [5.41, 5.74) is 2.63. The summed E-state index contributed by atoms with van der Waals surface area (Å²) < 4.78 is 44.4. The smallest absolute Gasteiger partial charge is 0.405 e. The Morgan fingerprint density at radius 1 is 1.18 bits per heavy atom. The van der Waals surface area contributed by atoms with Crippen LogP contribution in [0.15, 0.2) is 22.7 Å². The minimum absolute atomic E-state index is 0.00611. The normalized spacial score (nSPS) is 22.9. The van der Waals surface area contributed by atoms with Crippen LogP contribution in [-0.2, 0) is 6.42 Å². The van der Waals surface area contributed by atoms with Gasteiger partial charge >= 0.3 is 6.18 Å². The average molecular weight is 478 g/mol. The molecule has 3 aromatic heterocycles. The van der Waals surface area contributed by atoms with Crippen LogP contribution in [0.4, 0.5) is 24.9 Å². The number of aliphatic hydroxyl groups excluding tert-OH is 1. The Hall–Kier alpha value is -2.88. The third-order valence-electron chi connectivity index (χ3n) is 6.93. The molecule has 184 valence electrons. The van der Waals surface area contributed by atoms with Crippen molar-refractivity contribution in [3.8, 4) is 11.3 Å². The van der Waals surface area contributed by atoms with E-state index in [4.69, 9.17) is 4.42 Å². The van der Waals surface area contributed by atoms with Gasteiger partial charge in [-0.3, -0.25) is 4.98 Å². The van der Waals surface area contributed by atoms with Gasteiger partial charge in [0.05, 0.1) is 17.5 Å². The second-order valence-electron chi connectivity index (χ2n) is 9.15. The van der Waals surface area contributed by atoms with E-state index < -0.39 is 12.7 Å². The molecule has 3 heterocycles. The van der Waals surface area contributed by atoms with Crippen molar-refractivity contribution in [2.45, 2.75) is 52.8 Å². The van der Waals surface area contributed by atoms with Crippen molar-refractivity contribution in [3.63, 3.8) is 0 Å². The molecule has 0 saturated heterocycles. The Bertz CT molecular complexity index is 1160. The number of pyridine rings is 1. The van der Waals surface area contributed by atoms with E-state index in [1.807, 2.05) is 19.1 Å². The summed E-state index contributed by atoms with van der Waals surface area (Å²) in [7, 11) is 0. The first kappa shape index (κ1) is 24.3. The highest BCUT2D eigenvalue weighted by molar-refractivity contribution is 5.86. The van der Waals surface area contributed by atoms with Gasteiger partial charge < -0.3 is 20.2 Å². The molecular weight excluding hydrogens is 447 g/mol. The number of alkyl halides is 3. The lowest BCUT2D eigenvalue weighted by Crippen LogP contribution is -2.26. The van der Waals surface area contributed by atoms with Crippen molar-refractivity contribution < 1.29 is 22.7 Å². The molecule has 34 heavy (non-hydrogen) atoms. The Labute approximate surface area is 196 Å². The number of furan rings is 1. The number of hydrogen-bond acceptors (Lipinski definition) is 7. The second-order valence-corrected chi connectivity index (χ2v) is 9.15. The zero-order valence-corrected chi connectivity index (χ0v) is 19.7. The van der Waals surface area contributed by atoms with Gasteiger partial charge in [0.2, 0.25) is 5.95 Å². The Balaban J connectivity index is 1.75. The Kier molecular flexibility index (Phi) is 6.71. The lowest BCUT2D eigenvalue weighted by molar-refractivity contribution is -0.115. The maximum atomic E-state index is 12.8. The molecule has 0 aliphatic heterocycles. The van der Waals surface area contributed by atoms with Crippen LogP contribution in [0.1, 0.15) is 38.6 Å². The topological polar surface area (TPSA) is 96.1 Å². The molecule has 0 unspecified atom stereocenters. The van der Waals surface area contributed by atoms with Crippen molar-refractivity contribution >= 4 is 22.7 Å². The van der Waals surface area contributed by atoms with E-state index in [0.717, 1.165) is 23.9 Å². The molecule has 7 nitrogen and oxygen atoms in total. The number of fused-ring (bicyclic) bond motifs is 1. The molecule has 1 fully saturated rings. The molecule has 3 aromatic rings. The highest BCUT2D eigenvalue weighted by atomic mass is 19.4. The van der Waals surface area contributed by atoms with E-state index in [0.29, 0.717) is 34.3 Å². The lowest BCUT2D eigenvalue weighted by atomic mass is 9.92. The fourth-order valence-electron chi connectivity index (χ4n) is 4.70. The summed E-state index contributed by atoms with van der Waals surface area (Å²) in [4.78, 5) is 13.1. The number of aryl methyl sites for hydroxylation is 2. The highest BCUT2D eigenvalue weighted by Crippen LogP contribution is 2.41. The van der Waals surface area contributed by atoms with E-state index in [1.54, 1.807) is 13.1 Å². The van der Waals surface area contributed by atoms with Crippen LogP contribution < -0.4 is 10.6 Å². The Morgan fingerprint density at radius 3 is 2.59 bits per heavy atom. The SMILES string of the molecule is CCc1cc2cc(-c3c(C)nc(NCC(F)(F)F)nc3N[C@@H]3C[C@H](CO)[C@@H](C)[C@H]3C)oc2cn1. The molecule has 1 aliphatic rings. The van der Waals surface area contributed by atoms with Crippen LogP contribution in [0, 0.1) is 24.7 Å². The monoisotopic (exact) mass is 477 g/mol. The van der Waals surface area contributed by atoms with E-state index in [2.05, 4.69) is 39.4 Å². The number of nitrogens with zero attached hydrogens (tertiary/aromatic N) is 3. The summed E-state index contributed by atoms with van der Waals surface area (Å²) in [6.07, 6.45) is -1.20. The lowest BCUT2D eigenvalue weighted by Gasteiger charge is -2.22. The molecule has 0 aromatic carbocycles. The summed E-state index contributed by atoms with van der Waals surface area (Å²) in [6.45, 7) is 6.81. The molecule has 4 rings (SSSR count). The number of halogens is 3. The number of anilines is 2. The largest absolute Gasteiger partial charge is 0.454 e. The quantitative estimate of drug-likeness (QED) is 0.431. The molecular formula is C24H30F3N5O2. The summed E-state index contributed by atoms with van der Waals surface area (Å²) in [6, 6.07) is 3.83. The maximum Gasteiger partial charge on any atom is 0.405 e. The molecule has 1 saturated carbocycles. The third kappa shape index (κ3) is 4.96. The first-order chi connectivity index (χ1) is 16.1. The number of aliphatic hydroxyl groups is 1. The molecule has 0 bridgehead atoms. The van der Waals surface area contributed by atoms with E-state index in [9.17, 15) is 18.3 Å². The Morgan fingerprint density at radius 2 is 1.94 bits per heavy atom. The van der Waals surface area contributed by atoms with Gasteiger partial charge in [0.15, 0.2) is 5.58 Å². The standard InChI is InChI=1S/C24H30F3N5O2/c1-5-17-6-15-8-19(34-20(15)9-28-17)21-14(4)30-23(29-11-24(25,26)27)32-22(21)31-18-7-16(10-33)12(2)13(18)3/h6,8-9,12-13,16,18,33H,5,7,10-11H2,1-4H3,(H2,29,30,31,32)/t12-,13+,16+,18+/m0/s1. The number of rotatable bonds is 7. The molecule has 0 spiro atoms. The van der Waals surface area contributed by atoms with Crippen LogP contribution >= 0.6 is 0 Å². The molecule has 1 aliphatic carbocycles. The van der Waals surface area contributed by atoms with Gasteiger partial charge in [0, 0.05) is 23.7 Å².